The third kappa shape index (κ3) is 4.63. The first-order valence-corrected chi connectivity index (χ1v) is 10.7. The minimum Gasteiger partial charge on any atom is -0.496 e. The molecule has 10 heteroatoms. The van der Waals surface area contributed by atoms with E-state index in [0.717, 1.165) is 12.0 Å². The molecule has 0 aromatic heterocycles. The van der Waals surface area contributed by atoms with Gasteiger partial charge in [-0.3, -0.25) is 9.80 Å². The van der Waals surface area contributed by atoms with E-state index in [1.807, 2.05) is 18.2 Å². The van der Waals surface area contributed by atoms with E-state index >= 15 is 0 Å². The lowest BCUT2D eigenvalue weighted by Crippen LogP contribution is -2.49. The summed E-state index contributed by atoms with van der Waals surface area (Å²) in [7, 11) is 6.14. The maximum atomic E-state index is 13.5. The summed E-state index contributed by atoms with van der Waals surface area (Å²) in [6.07, 6.45) is 0.765. The van der Waals surface area contributed by atoms with Gasteiger partial charge in [0.25, 0.3) is 5.91 Å². The second-order valence-electron chi connectivity index (χ2n) is 6.87. The maximum absolute atomic E-state index is 13.5. The highest BCUT2D eigenvalue weighted by Gasteiger charge is 2.33. The Kier molecular flexibility index (Phi) is 7.87. The van der Waals surface area contributed by atoms with Crippen molar-refractivity contribution in [2.45, 2.75) is 13.0 Å². The molecule has 32 heavy (non-hydrogen) atoms. The smallest absolute Gasteiger partial charge is 0.280 e. The summed E-state index contributed by atoms with van der Waals surface area (Å²) < 4.78 is 21.6. The molecule has 1 aliphatic heterocycles. The average molecular weight is 480 g/mol. The molecule has 2 aromatic rings. The summed E-state index contributed by atoms with van der Waals surface area (Å²) in [4.78, 5) is 13.5. The quantitative estimate of drug-likeness (QED) is 0.605. The Balaban J connectivity index is 1.80. The van der Waals surface area contributed by atoms with E-state index in [-0.39, 0.29) is 17.2 Å². The van der Waals surface area contributed by atoms with E-state index < -0.39 is 0 Å². The largest absolute Gasteiger partial charge is 0.496 e. The number of amides is 1. The fourth-order valence-corrected chi connectivity index (χ4v) is 4.13. The molecule has 0 spiro atoms. The lowest BCUT2D eigenvalue weighted by molar-refractivity contribution is 0.0484. The Morgan fingerprint density at radius 2 is 1.66 bits per heavy atom. The van der Waals surface area contributed by atoms with Crippen molar-refractivity contribution in [3.8, 4) is 23.0 Å². The summed E-state index contributed by atoms with van der Waals surface area (Å²) in [6, 6.07) is 8.90. The molecule has 8 nitrogen and oxygen atoms in total. The van der Waals surface area contributed by atoms with E-state index in [4.69, 9.17) is 42.8 Å². The van der Waals surface area contributed by atoms with Crippen molar-refractivity contribution in [2.75, 3.05) is 41.5 Å². The number of hydrazine groups is 1. The second-order valence-corrected chi connectivity index (χ2v) is 7.67. The molecular weight excluding hydrogens is 454 g/mol. The van der Waals surface area contributed by atoms with Crippen molar-refractivity contribution in [2.24, 2.45) is 0 Å². The molecule has 0 saturated carbocycles. The number of carbonyl (C=O) groups is 1. The maximum Gasteiger partial charge on any atom is 0.280 e. The number of nitrogens with zero attached hydrogens (tertiary/aromatic N) is 2. The highest BCUT2D eigenvalue weighted by molar-refractivity contribution is 7.80. The van der Waals surface area contributed by atoms with E-state index in [9.17, 15) is 4.79 Å². The van der Waals surface area contributed by atoms with Gasteiger partial charge < -0.3 is 24.3 Å². The van der Waals surface area contributed by atoms with Gasteiger partial charge >= 0.3 is 0 Å². The van der Waals surface area contributed by atoms with Gasteiger partial charge in [-0.15, -0.1) is 0 Å². The van der Waals surface area contributed by atoms with Crippen molar-refractivity contribution in [1.29, 1.82) is 0 Å². The highest BCUT2D eigenvalue weighted by atomic mass is 35.5. The van der Waals surface area contributed by atoms with Gasteiger partial charge in [-0.25, -0.2) is 5.01 Å². The molecule has 0 bridgehead atoms. The Morgan fingerprint density at radius 1 is 0.969 bits per heavy atom. The van der Waals surface area contributed by atoms with Crippen LogP contribution in [0, 0.1) is 0 Å². The molecular formula is C22H26ClN3O5S. The first-order valence-electron chi connectivity index (χ1n) is 9.94. The number of thiocarbonyl (C=S) groups is 1. The molecule has 1 saturated heterocycles. The van der Waals surface area contributed by atoms with Crippen LogP contribution in [0.25, 0.3) is 0 Å². The van der Waals surface area contributed by atoms with Gasteiger partial charge in [0.05, 0.1) is 33.5 Å². The van der Waals surface area contributed by atoms with Crippen LogP contribution in [0.3, 0.4) is 0 Å². The zero-order chi connectivity index (χ0) is 23.3. The molecule has 1 fully saturated rings. The Bertz CT molecular complexity index is 1000. The van der Waals surface area contributed by atoms with Crippen LogP contribution in [0.4, 0.5) is 0 Å². The summed E-state index contributed by atoms with van der Waals surface area (Å²) in [5.41, 5.74) is 1.14. The molecule has 1 N–H and O–H groups in total. The van der Waals surface area contributed by atoms with Gasteiger partial charge in [-0.2, -0.15) is 0 Å². The standard InChI is InChI=1S/C22H26ClN3O5S/c1-28-16-10-9-15(23)20(31-4)18(16)21(27)25-11-6-12-26(25)22(32)24-13-14-7-5-8-17(29-2)19(14)30-3/h5,7-10H,6,11-13H2,1-4H3,(H,24,32). The molecule has 172 valence electrons. The lowest BCUT2D eigenvalue weighted by Gasteiger charge is -2.31. The average Bonchev–Trinajstić information content (AvgIpc) is 3.31. The molecule has 1 heterocycles. The van der Waals surface area contributed by atoms with Crippen molar-refractivity contribution < 1.29 is 23.7 Å². The van der Waals surface area contributed by atoms with Gasteiger partial charge in [0.15, 0.2) is 22.4 Å². The van der Waals surface area contributed by atoms with Crippen LogP contribution >= 0.6 is 23.8 Å². The Morgan fingerprint density at radius 3 is 2.31 bits per heavy atom. The molecule has 3 rings (SSSR count). The summed E-state index contributed by atoms with van der Waals surface area (Å²) in [5.74, 6) is 1.61. The topological polar surface area (TPSA) is 72.5 Å². The van der Waals surface area contributed by atoms with Crippen LogP contribution in [0.1, 0.15) is 22.3 Å². The van der Waals surface area contributed by atoms with Crippen molar-refractivity contribution in [3.05, 3.63) is 46.5 Å². The minimum atomic E-state index is -0.304. The van der Waals surface area contributed by atoms with Crippen LogP contribution < -0.4 is 24.3 Å². The molecule has 0 atom stereocenters. The molecule has 0 unspecified atom stereocenters. The van der Waals surface area contributed by atoms with Gasteiger partial charge in [-0.1, -0.05) is 23.7 Å². The number of nitrogens with one attached hydrogen (secondary N) is 1. The number of hydrogen-bond acceptors (Lipinski definition) is 6. The highest BCUT2D eigenvalue weighted by Crippen LogP contribution is 2.37. The monoisotopic (exact) mass is 479 g/mol. The zero-order valence-corrected chi connectivity index (χ0v) is 20.0. The van der Waals surface area contributed by atoms with Gasteiger partial charge in [0.1, 0.15) is 11.3 Å². The van der Waals surface area contributed by atoms with Crippen LogP contribution in [0.2, 0.25) is 5.02 Å². The predicted molar refractivity (Wildman–Crippen MR) is 126 cm³/mol. The van der Waals surface area contributed by atoms with Gasteiger partial charge in [0, 0.05) is 25.2 Å². The predicted octanol–water partition coefficient (Wildman–Crippen LogP) is 3.51. The molecule has 0 radical (unpaired) electrons. The molecule has 0 aliphatic carbocycles. The van der Waals surface area contributed by atoms with Crippen molar-refractivity contribution >= 4 is 34.8 Å². The first kappa shape index (κ1) is 23.7. The summed E-state index contributed by atoms with van der Waals surface area (Å²) >= 11 is 11.9. The third-order valence-electron chi connectivity index (χ3n) is 5.12. The number of para-hydroxylation sites is 1. The van der Waals surface area contributed by atoms with Crippen LogP contribution in [0.5, 0.6) is 23.0 Å². The normalized spacial score (nSPS) is 13.0. The minimum absolute atomic E-state index is 0.256. The van der Waals surface area contributed by atoms with E-state index in [0.29, 0.717) is 47.0 Å². The lowest BCUT2D eigenvalue weighted by atomic mass is 10.1. The number of halogens is 1. The van der Waals surface area contributed by atoms with Crippen molar-refractivity contribution in [3.63, 3.8) is 0 Å². The number of ether oxygens (including phenoxy) is 4. The van der Waals surface area contributed by atoms with Crippen LogP contribution in [0.15, 0.2) is 30.3 Å². The van der Waals surface area contributed by atoms with E-state index in [1.165, 1.54) is 14.2 Å². The number of carbonyl (C=O) groups excluding carboxylic acids is 1. The van der Waals surface area contributed by atoms with E-state index in [1.54, 1.807) is 36.4 Å². The first-order chi connectivity index (χ1) is 15.5. The Labute approximate surface area is 197 Å². The second kappa shape index (κ2) is 10.6. The molecule has 2 aromatic carbocycles. The van der Waals surface area contributed by atoms with Crippen LogP contribution in [-0.4, -0.2) is 62.6 Å². The fourth-order valence-electron chi connectivity index (χ4n) is 3.63. The number of hydrogen-bond donors (Lipinski definition) is 1. The van der Waals surface area contributed by atoms with Gasteiger partial charge in [0.2, 0.25) is 0 Å². The summed E-state index contributed by atoms with van der Waals surface area (Å²) in [5, 5.41) is 7.27. The zero-order valence-electron chi connectivity index (χ0n) is 18.4. The Hall–Kier alpha value is -2.91. The van der Waals surface area contributed by atoms with Gasteiger partial charge in [-0.05, 0) is 36.8 Å². The number of benzene rings is 2. The fraction of sp³-hybridized carbons (Fsp3) is 0.364. The number of rotatable bonds is 7. The summed E-state index contributed by atoms with van der Waals surface area (Å²) in [6.45, 7) is 1.50. The molecule has 1 aliphatic rings. The third-order valence-corrected chi connectivity index (χ3v) is 5.78. The van der Waals surface area contributed by atoms with Crippen LogP contribution in [-0.2, 0) is 6.54 Å². The number of methoxy groups -OCH3 is 4. The van der Waals surface area contributed by atoms with E-state index in [2.05, 4.69) is 5.32 Å². The molecule has 1 amide bonds. The van der Waals surface area contributed by atoms with Crippen molar-refractivity contribution in [1.82, 2.24) is 15.3 Å². The SMILES string of the molecule is COc1cccc(CNC(=S)N2CCCN2C(=O)c2c(OC)ccc(Cl)c2OC)c1OC.